The molecule has 108 valence electrons. The lowest BCUT2D eigenvalue weighted by Crippen LogP contribution is -2.37. The molecule has 20 heavy (non-hydrogen) atoms. The van der Waals surface area contributed by atoms with Crippen LogP contribution in [0.1, 0.15) is 43.1 Å². The lowest BCUT2D eigenvalue weighted by atomic mass is 10.1. The van der Waals surface area contributed by atoms with Crippen LogP contribution in [0.4, 0.5) is 4.39 Å². The van der Waals surface area contributed by atoms with Gasteiger partial charge in [-0.15, -0.1) is 0 Å². The molecule has 0 heterocycles. The van der Waals surface area contributed by atoms with Crippen LogP contribution in [0.2, 0.25) is 0 Å². The first kappa shape index (κ1) is 16.2. The highest BCUT2D eigenvalue weighted by Crippen LogP contribution is 2.13. The van der Waals surface area contributed by atoms with E-state index in [1.807, 2.05) is 20.8 Å². The minimum Gasteiger partial charge on any atom is -0.336 e. The van der Waals surface area contributed by atoms with Gasteiger partial charge in [0.2, 0.25) is 0 Å². The van der Waals surface area contributed by atoms with E-state index >= 15 is 0 Å². The second-order valence-corrected chi connectivity index (χ2v) is 4.79. The Hall–Kier alpha value is -1.86. The average Bonchev–Trinajstić information content (AvgIpc) is 2.42. The minimum absolute atomic E-state index is 0.0854. The second-order valence-electron chi connectivity index (χ2n) is 4.79. The van der Waals surface area contributed by atoms with Crippen molar-refractivity contribution in [2.75, 3.05) is 13.1 Å². The zero-order valence-corrected chi connectivity index (χ0v) is 12.2. The predicted molar refractivity (Wildman–Crippen MR) is 78.8 cm³/mol. The standard InChI is InChI=1S/C16H21FN2O/c1-4-10-19(12(2)3)16(20)14-8-7-13(6-5-9-18)15(17)11-14/h7-8,11-12H,4,9-10,18H2,1-3H3. The number of hydrogen-bond donors (Lipinski definition) is 1. The van der Waals surface area contributed by atoms with E-state index in [9.17, 15) is 9.18 Å². The number of carbonyl (C=O) groups excluding carboxylic acids is 1. The predicted octanol–water partition coefficient (Wildman–Crippen LogP) is 2.40. The van der Waals surface area contributed by atoms with Crippen LogP contribution >= 0.6 is 0 Å². The van der Waals surface area contributed by atoms with Gasteiger partial charge in [0.05, 0.1) is 12.1 Å². The van der Waals surface area contributed by atoms with E-state index < -0.39 is 5.82 Å². The van der Waals surface area contributed by atoms with Gasteiger partial charge in [-0.05, 0) is 38.5 Å². The van der Waals surface area contributed by atoms with Crippen molar-refractivity contribution in [2.24, 2.45) is 5.73 Å². The molecule has 2 N–H and O–H groups in total. The molecule has 1 aromatic carbocycles. The molecule has 1 aromatic rings. The van der Waals surface area contributed by atoms with Gasteiger partial charge in [0.1, 0.15) is 5.82 Å². The van der Waals surface area contributed by atoms with Crippen LogP contribution in [0.3, 0.4) is 0 Å². The second kappa shape index (κ2) is 7.66. The molecule has 0 saturated heterocycles. The van der Waals surface area contributed by atoms with Crippen LogP contribution in [0.5, 0.6) is 0 Å². The summed E-state index contributed by atoms with van der Waals surface area (Å²) in [4.78, 5) is 14.1. The van der Waals surface area contributed by atoms with Gasteiger partial charge in [-0.25, -0.2) is 4.39 Å². The Bertz CT molecular complexity index is 529. The molecule has 0 aliphatic rings. The van der Waals surface area contributed by atoms with Crippen molar-refractivity contribution in [3.8, 4) is 11.8 Å². The molecule has 1 amide bonds. The quantitative estimate of drug-likeness (QED) is 0.858. The van der Waals surface area contributed by atoms with Gasteiger partial charge < -0.3 is 10.6 Å². The van der Waals surface area contributed by atoms with E-state index in [1.54, 1.807) is 11.0 Å². The van der Waals surface area contributed by atoms with Crippen LogP contribution in [-0.4, -0.2) is 29.9 Å². The highest BCUT2D eigenvalue weighted by Gasteiger charge is 2.18. The van der Waals surface area contributed by atoms with Crippen LogP contribution < -0.4 is 5.73 Å². The van der Waals surface area contributed by atoms with Gasteiger partial charge in [-0.1, -0.05) is 18.8 Å². The minimum atomic E-state index is -0.489. The maximum Gasteiger partial charge on any atom is 0.254 e. The molecule has 1 rings (SSSR count). The fourth-order valence-electron chi connectivity index (χ4n) is 1.90. The molecule has 4 heteroatoms. The lowest BCUT2D eigenvalue weighted by Gasteiger charge is -2.26. The van der Waals surface area contributed by atoms with Gasteiger partial charge in [0, 0.05) is 18.2 Å². The van der Waals surface area contributed by atoms with Crippen molar-refractivity contribution >= 4 is 5.91 Å². The number of benzene rings is 1. The molecule has 0 fully saturated rings. The number of carbonyl (C=O) groups is 1. The molecular weight excluding hydrogens is 255 g/mol. The summed E-state index contributed by atoms with van der Waals surface area (Å²) in [6, 6.07) is 4.46. The van der Waals surface area contributed by atoms with E-state index in [0.717, 1.165) is 6.42 Å². The van der Waals surface area contributed by atoms with E-state index in [-0.39, 0.29) is 24.1 Å². The Balaban J connectivity index is 3.02. The first-order valence-corrected chi connectivity index (χ1v) is 6.80. The molecule has 0 bridgehead atoms. The summed E-state index contributed by atoms with van der Waals surface area (Å²) in [5.74, 6) is 4.60. The number of amides is 1. The molecule has 0 unspecified atom stereocenters. The molecular formula is C16H21FN2O. The van der Waals surface area contributed by atoms with Gasteiger partial charge in [0.15, 0.2) is 0 Å². The van der Waals surface area contributed by atoms with Crippen molar-refractivity contribution in [3.05, 3.63) is 35.1 Å². The Kier molecular flexibility index (Phi) is 6.20. The third-order valence-electron chi connectivity index (χ3n) is 2.89. The third-order valence-corrected chi connectivity index (χ3v) is 2.89. The van der Waals surface area contributed by atoms with Crippen LogP contribution in [0, 0.1) is 17.7 Å². The van der Waals surface area contributed by atoms with Gasteiger partial charge in [0.25, 0.3) is 5.91 Å². The van der Waals surface area contributed by atoms with Crippen molar-refractivity contribution in [1.82, 2.24) is 4.90 Å². The lowest BCUT2D eigenvalue weighted by molar-refractivity contribution is 0.0705. The highest BCUT2D eigenvalue weighted by atomic mass is 19.1. The maximum atomic E-state index is 13.9. The van der Waals surface area contributed by atoms with Gasteiger partial charge in [-0.3, -0.25) is 4.79 Å². The van der Waals surface area contributed by atoms with Crippen molar-refractivity contribution in [1.29, 1.82) is 0 Å². The Morgan fingerprint density at radius 2 is 2.15 bits per heavy atom. The first-order chi connectivity index (χ1) is 9.51. The highest BCUT2D eigenvalue weighted by molar-refractivity contribution is 5.94. The Morgan fingerprint density at radius 3 is 2.65 bits per heavy atom. The summed E-state index contributed by atoms with van der Waals surface area (Å²) in [5, 5.41) is 0. The monoisotopic (exact) mass is 276 g/mol. The summed E-state index contributed by atoms with van der Waals surface area (Å²) in [5.41, 5.74) is 5.87. The number of nitrogens with zero attached hydrogens (tertiary/aromatic N) is 1. The van der Waals surface area contributed by atoms with E-state index in [2.05, 4.69) is 11.8 Å². The van der Waals surface area contributed by atoms with Crippen LogP contribution in [-0.2, 0) is 0 Å². The summed E-state index contributed by atoms with van der Waals surface area (Å²) in [6.07, 6.45) is 0.868. The summed E-state index contributed by atoms with van der Waals surface area (Å²) in [6.45, 7) is 6.75. The fourth-order valence-corrected chi connectivity index (χ4v) is 1.90. The number of rotatable bonds is 4. The summed E-state index contributed by atoms with van der Waals surface area (Å²) in [7, 11) is 0. The van der Waals surface area contributed by atoms with Crippen molar-refractivity contribution < 1.29 is 9.18 Å². The molecule has 0 spiro atoms. The molecule has 0 radical (unpaired) electrons. The van der Waals surface area contributed by atoms with Gasteiger partial charge in [-0.2, -0.15) is 0 Å². The maximum absolute atomic E-state index is 13.9. The number of hydrogen-bond acceptors (Lipinski definition) is 2. The van der Waals surface area contributed by atoms with Crippen LogP contribution in [0.15, 0.2) is 18.2 Å². The average molecular weight is 276 g/mol. The van der Waals surface area contributed by atoms with Crippen LogP contribution in [0.25, 0.3) is 0 Å². The molecule has 3 nitrogen and oxygen atoms in total. The van der Waals surface area contributed by atoms with Crippen molar-refractivity contribution in [3.63, 3.8) is 0 Å². The largest absolute Gasteiger partial charge is 0.336 e. The number of nitrogens with two attached hydrogens (primary N) is 1. The Labute approximate surface area is 120 Å². The van der Waals surface area contributed by atoms with Crippen molar-refractivity contribution in [2.45, 2.75) is 33.2 Å². The normalized spacial score (nSPS) is 10.1. The number of halogens is 1. The zero-order chi connectivity index (χ0) is 15.1. The molecule has 0 aliphatic carbocycles. The molecule has 0 atom stereocenters. The third kappa shape index (κ3) is 4.07. The molecule has 0 aromatic heterocycles. The topological polar surface area (TPSA) is 46.3 Å². The molecule has 0 saturated carbocycles. The zero-order valence-electron chi connectivity index (χ0n) is 12.2. The summed E-state index contributed by atoms with van der Waals surface area (Å²) < 4.78 is 13.9. The SMILES string of the molecule is CCCN(C(=O)c1ccc(C#CCN)c(F)c1)C(C)C. The molecule has 0 aliphatic heterocycles. The smallest absolute Gasteiger partial charge is 0.254 e. The van der Waals surface area contributed by atoms with Gasteiger partial charge >= 0.3 is 0 Å². The van der Waals surface area contributed by atoms with E-state index in [1.165, 1.54) is 12.1 Å². The van der Waals surface area contributed by atoms with E-state index in [4.69, 9.17) is 5.73 Å². The Morgan fingerprint density at radius 1 is 1.45 bits per heavy atom. The first-order valence-electron chi connectivity index (χ1n) is 6.80. The fraction of sp³-hybridized carbons (Fsp3) is 0.438. The van der Waals surface area contributed by atoms with E-state index in [0.29, 0.717) is 12.1 Å². The summed E-state index contributed by atoms with van der Waals surface area (Å²) >= 11 is 0.